The van der Waals surface area contributed by atoms with Crippen LogP contribution in [-0.2, 0) is 9.53 Å². The highest BCUT2D eigenvalue weighted by Crippen LogP contribution is 2.45. The van der Waals surface area contributed by atoms with Crippen molar-refractivity contribution in [2.45, 2.75) is 25.7 Å². The second-order valence-corrected chi connectivity index (χ2v) is 4.78. The number of methoxy groups -OCH3 is 1. The molecule has 0 spiro atoms. The van der Waals surface area contributed by atoms with Crippen LogP contribution in [-0.4, -0.2) is 24.5 Å². The van der Waals surface area contributed by atoms with E-state index in [2.05, 4.69) is 12.2 Å². The Bertz CT molecular complexity index is 425. The number of fused-ring (bicyclic) bond motifs is 2. The fraction of sp³-hybridized carbons (Fsp3) is 0.615. The third-order valence-electron chi connectivity index (χ3n) is 3.69. The van der Waals surface area contributed by atoms with Crippen molar-refractivity contribution < 1.29 is 14.5 Å². The quantitative estimate of drug-likeness (QED) is 0.238. The first-order valence-corrected chi connectivity index (χ1v) is 6.25. The van der Waals surface area contributed by atoms with Gasteiger partial charge in [-0.15, -0.1) is 0 Å². The Morgan fingerprint density at radius 3 is 2.83 bits per heavy atom. The van der Waals surface area contributed by atoms with Gasteiger partial charge in [0.2, 0.25) is 6.54 Å². The highest BCUT2D eigenvalue weighted by molar-refractivity contribution is 5.91. The van der Waals surface area contributed by atoms with Gasteiger partial charge in [-0.3, -0.25) is 10.1 Å². The first-order chi connectivity index (χ1) is 8.63. The first-order valence-electron chi connectivity index (χ1n) is 6.25. The van der Waals surface area contributed by atoms with Gasteiger partial charge in [0.15, 0.2) is 0 Å². The molecular weight excluding hydrogens is 234 g/mol. The summed E-state index contributed by atoms with van der Waals surface area (Å²) in [7, 11) is 1.40. The van der Waals surface area contributed by atoms with E-state index in [1.54, 1.807) is 0 Å². The Hall–Kier alpha value is -1.65. The van der Waals surface area contributed by atoms with Crippen LogP contribution in [0.2, 0.25) is 0 Å². The average Bonchev–Trinajstić information content (AvgIpc) is 2.93. The van der Waals surface area contributed by atoms with Gasteiger partial charge in [0, 0.05) is 22.8 Å². The number of esters is 1. The van der Waals surface area contributed by atoms with Gasteiger partial charge in [-0.25, -0.2) is 4.79 Å². The molecule has 18 heavy (non-hydrogen) atoms. The molecule has 0 aromatic carbocycles. The minimum atomic E-state index is -0.295. The van der Waals surface area contributed by atoms with E-state index in [1.165, 1.54) is 7.11 Å². The van der Waals surface area contributed by atoms with Gasteiger partial charge >= 0.3 is 5.97 Å². The highest BCUT2D eigenvalue weighted by atomic mass is 16.6. The summed E-state index contributed by atoms with van der Waals surface area (Å²) in [5.74, 6) is 0.309. The van der Waals surface area contributed by atoms with Crippen molar-refractivity contribution in [1.29, 1.82) is 0 Å². The lowest BCUT2D eigenvalue weighted by Gasteiger charge is -2.14. The van der Waals surface area contributed by atoms with Gasteiger partial charge in [-0.05, 0) is 25.2 Å². The standard InChI is InChI=1S/C13H17NO4/c1-18-13(15)12-10-6-5-9(8-10)11(12)4-2-3-7-14(16)17/h5-6,9-10H,2-4,7-8H2,1H3. The van der Waals surface area contributed by atoms with E-state index in [1.807, 2.05) is 0 Å². The zero-order valence-electron chi connectivity index (χ0n) is 10.4. The van der Waals surface area contributed by atoms with Crippen molar-refractivity contribution in [3.8, 4) is 0 Å². The SMILES string of the molecule is COC(=O)C1=C(CCCC[N+](=O)[O-])C2C=CC1C2. The van der Waals surface area contributed by atoms with Crippen molar-refractivity contribution in [3.05, 3.63) is 33.4 Å². The number of hydrogen-bond acceptors (Lipinski definition) is 4. The van der Waals surface area contributed by atoms with E-state index in [-0.39, 0.29) is 23.4 Å². The molecule has 0 fully saturated rings. The molecule has 0 saturated heterocycles. The van der Waals surface area contributed by atoms with E-state index in [0.29, 0.717) is 12.3 Å². The van der Waals surface area contributed by atoms with Crippen molar-refractivity contribution in [1.82, 2.24) is 0 Å². The normalized spacial score (nSPS) is 24.7. The topological polar surface area (TPSA) is 69.4 Å². The predicted octanol–water partition coefficient (Wildman–Crippen LogP) is 2.11. The van der Waals surface area contributed by atoms with Gasteiger partial charge in [0.25, 0.3) is 0 Å². The van der Waals surface area contributed by atoms with Crippen LogP contribution in [0.15, 0.2) is 23.3 Å². The summed E-state index contributed by atoms with van der Waals surface area (Å²) in [6, 6.07) is 0. The van der Waals surface area contributed by atoms with Gasteiger partial charge in [0.1, 0.15) is 0 Å². The molecule has 0 amide bonds. The lowest BCUT2D eigenvalue weighted by atomic mass is 9.93. The maximum atomic E-state index is 11.7. The van der Waals surface area contributed by atoms with Crippen LogP contribution >= 0.6 is 0 Å². The number of ether oxygens (including phenoxy) is 1. The van der Waals surface area contributed by atoms with Crippen molar-refractivity contribution >= 4 is 5.97 Å². The Morgan fingerprint density at radius 1 is 1.44 bits per heavy atom. The molecule has 0 aromatic rings. The fourth-order valence-electron chi connectivity index (χ4n) is 2.88. The Balaban J connectivity index is 1.97. The van der Waals surface area contributed by atoms with Gasteiger partial charge in [0.05, 0.1) is 7.11 Å². The molecule has 2 aliphatic rings. The van der Waals surface area contributed by atoms with Gasteiger partial charge in [-0.2, -0.15) is 0 Å². The molecule has 0 aromatic heterocycles. The van der Waals surface area contributed by atoms with Crippen LogP contribution in [0.25, 0.3) is 0 Å². The molecule has 98 valence electrons. The van der Waals surface area contributed by atoms with Gasteiger partial charge in [-0.1, -0.05) is 17.7 Å². The zero-order chi connectivity index (χ0) is 13.1. The summed E-state index contributed by atoms with van der Waals surface area (Å²) >= 11 is 0. The van der Waals surface area contributed by atoms with Crippen molar-refractivity contribution in [2.24, 2.45) is 11.8 Å². The maximum absolute atomic E-state index is 11.7. The smallest absolute Gasteiger partial charge is 0.334 e. The minimum absolute atomic E-state index is 0.00473. The summed E-state index contributed by atoms with van der Waals surface area (Å²) in [6.07, 6.45) is 7.26. The summed E-state index contributed by atoms with van der Waals surface area (Å²) in [5, 5.41) is 10.3. The molecule has 0 N–H and O–H groups in total. The zero-order valence-corrected chi connectivity index (χ0v) is 10.4. The van der Waals surface area contributed by atoms with Crippen LogP contribution in [0.4, 0.5) is 0 Å². The number of nitrogens with zero attached hydrogens (tertiary/aromatic N) is 1. The second kappa shape index (κ2) is 5.33. The molecule has 5 nitrogen and oxygen atoms in total. The number of rotatable bonds is 6. The molecule has 2 atom stereocenters. The largest absolute Gasteiger partial charge is 0.466 e. The lowest BCUT2D eigenvalue weighted by molar-refractivity contribution is -0.480. The van der Waals surface area contributed by atoms with Crippen molar-refractivity contribution in [2.75, 3.05) is 13.7 Å². The number of carbonyl (C=O) groups excluding carboxylic acids is 1. The molecule has 5 heteroatoms. The fourth-order valence-corrected chi connectivity index (χ4v) is 2.88. The highest BCUT2D eigenvalue weighted by Gasteiger charge is 2.38. The second-order valence-electron chi connectivity index (χ2n) is 4.78. The monoisotopic (exact) mass is 251 g/mol. The average molecular weight is 251 g/mol. The van der Waals surface area contributed by atoms with E-state index < -0.39 is 0 Å². The van der Waals surface area contributed by atoms with Crippen molar-refractivity contribution in [3.63, 3.8) is 0 Å². The van der Waals surface area contributed by atoms with Crippen LogP contribution in [0.5, 0.6) is 0 Å². The molecule has 2 unspecified atom stereocenters. The summed E-state index contributed by atoms with van der Waals surface area (Å²) in [6.45, 7) is 0.00473. The summed E-state index contributed by atoms with van der Waals surface area (Å²) < 4.78 is 4.82. The molecule has 0 heterocycles. The van der Waals surface area contributed by atoms with Crippen LogP contribution in [0, 0.1) is 22.0 Å². The summed E-state index contributed by atoms with van der Waals surface area (Å²) in [4.78, 5) is 21.7. The summed E-state index contributed by atoms with van der Waals surface area (Å²) in [5.41, 5.74) is 1.93. The number of allylic oxidation sites excluding steroid dienone is 3. The van der Waals surface area contributed by atoms with Crippen LogP contribution in [0.1, 0.15) is 25.7 Å². The molecule has 2 rings (SSSR count). The van der Waals surface area contributed by atoms with E-state index in [0.717, 1.165) is 30.4 Å². The number of hydrogen-bond donors (Lipinski definition) is 0. The number of nitro groups is 1. The first kappa shape index (κ1) is 12.8. The van der Waals surface area contributed by atoms with Gasteiger partial charge < -0.3 is 4.74 Å². The molecule has 0 radical (unpaired) electrons. The van der Waals surface area contributed by atoms with E-state index in [9.17, 15) is 14.9 Å². The van der Waals surface area contributed by atoms with E-state index >= 15 is 0 Å². The number of carbonyl (C=O) groups is 1. The predicted molar refractivity (Wildman–Crippen MR) is 65.5 cm³/mol. The maximum Gasteiger partial charge on any atom is 0.334 e. The Morgan fingerprint density at radius 2 is 2.17 bits per heavy atom. The molecule has 0 saturated carbocycles. The minimum Gasteiger partial charge on any atom is -0.466 e. The van der Waals surface area contributed by atoms with Crippen LogP contribution in [0.3, 0.4) is 0 Å². The third kappa shape index (κ3) is 2.44. The Kier molecular flexibility index (Phi) is 3.79. The molecular formula is C13H17NO4. The Labute approximate surface area is 106 Å². The molecule has 2 aliphatic carbocycles. The van der Waals surface area contributed by atoms with E-state index in [4.69, 9.17) is 4.74 Å². The van der Waals surface area contributed by atoms with Crippen LogP contribution < -0.4 is 0 Å². The number of unbranched alkanes of at least 4 members (excludes halogenated alkanes) is 1. The lowest BCUT2D eigenvalue weighted by Crippen LogP contribution is -2.12. The molecule has 0 aliphatic heterocycles. The molecule has 2 bridgehead atoms. The third-order valence-corrected chi connectivity index (χ3v) is 3.69.